The molecule has 1 aromatic rings. The Balaban J connectivity index is 2.92. The summed E-state index contributed by atoms with van der Waals surface area (Å²) in [6.45, 7) is 6.62. The Morgan fingerprint density at radius 2 is 2.33 bits per heavy atom. The Labute approximate surface area is 108 Å². The van der Waals surface area contributed by atoms with Crippen LogP contribution in [0.3, 0.4) is 0 Å². The van der Waals surface area contributed by atoms with E-state index in [1.165, 1.54) is 0 Å². The number of aromatic nitrogens is 1. The smallest absolute Gasteiger partial charge is 0.233 e. The fourth-order valence-corrected chi connectivity index (χ4v) is 1.39. The zero-order valence-electron chi connectivity index (χ0n) is 11.0. The van der Waals surface area contributed by atoms with Crippen LogP contribution in [0.1, 0.15) is 32.8 Å². The molecule has 0 aromatic carbocycles. The van der Waals surface area contributed by atoms with Crippen LogP contribution in [0.2, 0.25) is 0 Å². The van der Waals surface area contributed by atoms with Crippen molar-refractivity contribution in [3.63, 3.8) is 0 Å². The first-order chi connectivity index (χ1) is 8.67. The maximum Gasteiger partial charge on any atom is 0.233 e. The maximum atomic E-state index is 8.66. The normalized spacial score (nSPS) is 11.2. The van der Waals surface area contributed by atoms with E-state index in [1.54, 1.807) is 18.6 Å². The predicted octanol–water partition coefficient (Wildman–Crippen LogP) is 2.56. The van der Waals surface area contributed by atoms with Gasteiger partial charge in [0.25, 0.3) is 0 Å². The quantitative estimate of drug-likeness (QED) is 0.492. The van der Waals surface area contributed by atoms with Crippen molar-refractivity contribution in [2.45, 2.75) is 33.2 Å². The minimum Gasteiger partial charge on any atom is -0.477 e. The molecule has 1 heterocycles. The summed E-state index contributed by atoms with van der Waals surface area (Å²) in [5.41, 5.74) is 1.59. The number of aliphatic imine (C=N–C) groups is 1. The molecule has 0 atom stereocenters. The summed E-state index contributed by atoms with van der Waals surface area (Å²) < 4.78 is 5.44. The highest BCUT2D eigenvalue weighted by Gasteiger charge is 2.07. The molecule has 1 N–H and O–H groups in total. The third-order valence-corrected chi connectivity index (χ3v) is 2.03. The van der Waals surface area contributed by atoms with E-state index in [0.717, 1.165) is 12.1 Å². The van der Waals surface area contributed by atoms with E-state index >= 15 is 0 Å². The van der Waals surface area contributed by atoms with Crippen molar-refractivity contribution in [1.29, 1.82) is 5.26 Å². The average Bonchev–Trinajstić information content (AvgIpc) is 2.34. The van der Waals surface area contributed by atoms with Crippen LogP contribution in [0.25, 0.3) is 0 Å². The van der Waals surface area contributed by atoms with Gasteiger partial charge in [-0.3, -0.25) is 4.98 Å². The summed E-state index contributed by atoms with van der Waals surface area (Å²) in [6.07, 6.45) is 5.98. The molecule has 0 spiro atoms. The maximum absolute atomic E-state index is 8.66. The van der Waals surface area contributed by atoms with Crippen molar-refractivity contribution in [2.24, 2.45) is 4.99 Å². The lowest BCUT2D eigenvalue weighted by molar-refractivity contribution is 0.306. The molecule has 5 heteroatoms. The number of nitrogens with one attached hydrogen (secondary N) is 1. The third-order valence-electron chi connectivity index (χ3n) is 2.03. The first-order valence-electron chi connectivity index (χ1n) is 5.99. The van der Waals surface area contributed by atoms with Gasteiger partial charge in [-0.05, 0) is 26.3 Å². The first kappa shape index (κ1) is 14.0. The molecule has 0 amide bonds. The molecule has 5 nitrogen and oxygen atoms in total. The van der Waals surface area contributed by atoms with Gasteiger partial charge >= 0.3 is 0 Å². The Morgan fingerprint density at radius 3 is 2.94 bits per heavy atom. The Bertz CT molecular complexity index is 449. The average molecular weight is 246 g/mol. The van der Waals surface area contributed by atoms with E-state index in [9.17, 15) is 0 Å². The Kier molecular flexibility index (Phi) is 5.65. The molecular weight excluding hydrogens is 228 g/mol. The molecular formula is C13H18N4O. The minimum absolute atomic E-state index is 0.315. The van der Waals surface area contributed by atoms with Crippen molar-refractivity contribution >= 4 is 11.6 Å². The summed E-state index contributed by atoms with van der Waals surface area (Å²) in [4.78, 5) is 7.80. The highest BCUT2D eigenvalue weighted by atomic mass is 16.5. The topological polar surface area (TPSA) is 70.3 Å². The van der Waals surface area contributed by atoms with E-state index in [0.29, 0.717) is 24.1 Å². The van der Waals surface area contributed by atoms with Gasteiger partial charge in [0.2, 0.25) is 12.1 Å². The molecule has 0 saturated carbocycles. The summed E-state index contributed by atoms with van der Waals surface area (Å²) >= 11 is 0. The summed E-state index contributed by atoms with van der Waals surface area (Å²) in [5, 5.41) is 11.9. The number of rotatable bonds is 5. The van der Waals surface area contributed by atoms with Crippen LogP contribution in [0.4, 0.5) is 5.69 Å². The largest absolute Gasteiger partial charge is 0.477 e. The molecule has 0 saturated heterocycles. The Morgan fingerprint density at radius 1 is 1.56 bits per heavy atom. The molecule has 0 aliphatic rings. The van der Waals surface area contributed by atoms with Crippen molar-refractivity contribution in [2.75, 3.05) is 11.9 Å². The van der Waals surface area contributed by atoms with Gasteiger partial charge < -0.3 is 10.1 Å². The van der Waals surface area contributed by atoms with E-state index in [2.05, 4.69) is 15.3 Å². The van der Waals surface area contributed by atoms with Crippen LogP contribution in [0, 0.1) is 11.5 Å². The van der Waals surface area contributed by atoms with Crippen molar-refractivity contribution in [1.82, 2.24) is 4.98 Å². The van der Waals surface area contributed by atoms with E-state index in [-0.39, 0.29) is 0 Å². The molecule has 0 radical (unpaired) electrons. The van der Waals surface area contributed by atoms with Crippen LogP contribution in [-0.4, -0.2) is 23.5 Å². The first-order valence-corrected chi connectivity index (χ1v) is 5.99. The molecule has 18 heavy (non-hydrogen) atoms. The van der Waals surface area contributed by atoms with Gasteiger partial charge in [0, 0.05) is 18.4 Å². The molecule has 0 aliphatic carbocycles. The number of nitrogens with zero attached hydrogens (tertiary/aromatic N) is 3. The van der Waals surface area contributed by atoms with Crippen molar-refractivity contribution in [3.05, 3.63) is 24.0 Å². The lowest BCUT2D eigenvalue weighted by Crippen LogP contribution is -2.12. The van der Waals surface area contributed by atoms with Gasteiger partial charge in [0.1, 0.15) is 0 Å². The van der Waals surface area contributed by atoms with Gasteiger partial charge in [-0.25, -0.2) is 0 Å². The second-order valence-corrected chi connectivity index (χ2v) is 4.13. The Hall–Kier alpha value is -2.09. The van der Waals surface area contributed by atoms with Crippen LogP contribution >= 0.6 is 0 Å². The molecule has 0 aliphatic heterocycles. The summed E-state index contributed by atoms with van der Waals surface area (Å²) in [7, 11) is 0. The minimum atomic E-state index is 0.315. The lowest BCUT2D eigenvalue weighted by Gasteiger charge is -2.11. The predicted molar refractivity (Wildman–Crippen MR) is 71.4 cm³/mol. The number of hydrogen-bond acceptors (Lipinski definition) is 5. The van der Waals surface area contributed by atoms with Gasteiger partial charge in [-0.1, -0.05) is 6.92 Å². The van der Waals surface area contributed by atoms with Crippen LogP contribution in [0.15, 0.2) is 23.5 Å². The third kappa shape index (κ3) is 4.42. The van der Waals surface area contributed by atoms with Gasteiger partial charge in [0.05, 0.1) is 17.9 Å². The fourth-order valence-electron chi connectivity index (χ4n) is 1.39. The second-order valence-electron chi connectivity index (χ2n) is 4.13. The molecule has 1 rings (SSSR count). The molecule has 0 bridgehead atoms. The molecule has 0 unspecified atom stereocenters. The zero-order valence-corrected chi connectivity index (χ0v) is 11.0. The van der Waals surface area contributed by atoms with E-state index < -0.39 is 0 Å². The molecule has 1 aromatic heterocycles. The van der Waals surface area contributed by atoms with Crippen LogP contribution in [0.5, 0.6) is 0 Å². The van der Waals surface area contributed by atoms with Gasteiger partial charge in [-0.15, -0.1) is 4.99 Å². The fraction of sp³-hybridized carbons (Fsp3) is 0.462. The summed E-state index contributed by atoms with van der Waals surface area (Å²) in [6, 6.07) is 2.19. The molecule has 96 valence electrons. The SMILES string of the molecule is CCCOC(=NC#N)c1cncc(NC(C)C)c1. The van der Waals surface area contributed by atoms with E-state index in [1.807, 2.05) is 26.8 Å². The van der Waals surface area contributed by atoms with Crippen LogP contribution in [-0.2, 0) is 4.74 Å². The standard InChI is InChI=1S/C13H18N4O/c1-4-5-18-13(16-9-14)11-6-12(8-15-7-11)17-10(2)3/h6-8,10,17H,4-5H2,1-3H3. The second kappa shape index (κ2) is 7.28. The van der Waals surface area contributed by atoms with Crippen molar-refractivity contribution in [3.8, 4) is 6.19 Å². The number of ether oxygens (including phenoxy) is 1. The number of anilines is 1. The highest BCUT2D eigenvalue weighted by molar-refractivity contribution is 5.95. The number of nitriles is 1. The van der Waals surface area contributed by atoms with Gasteiger partial charge in [-0.2, -0.15) is 5.26 Å². The van der Waals surface area contributed by atoms with Crippen molar-refractivity contribution < 1.29 is 4.74 Å². The number of pyridine rings is 1. The summed E-state index contributed by atoms with van der Waals surface area (Å²) in [5.74, 6) is 0.319. The van der Waals surface area contributed by atoms with Gasteiger partial charge in [0.15, 0.2) is 0 Å². The monoisotopic (exact) mass is 246 g/mol. The van der Waals surface area contributed by atoms with Crippen LogP contribution < -0.4 is 5.32 Å². The van der Waals surface area contributed by atoms with E-state index in [4.69, 9.17) is 10.00 Å². The zero-order chi connectivity index (χ0) is 13.4. The number of hydrogen-bond donors (Lipinski definition) is 1. The lowest BCUT2D eigenvalue weighted by atomic mass is 10.2. The molecule has 0 fully saturated rings. The highest BCUT2D eigenvalue weighted by Crippen LogP contribution is 2.11.